The average molecular weight is 266 g/mol. The van der Waals surface area contributed by atoms with Crippen molar-refractivity contribution >= 4 is 11.8 Å². The quantitative estimate of drug-likeness (QED) is 0.620. The first kappa shape index (κ1) is 17.5. The average Bonchev–Trinajstić information content (AvgIpc) is 2.69. The highest BCUT2D eigenvalue weighted by molar-refractivity contribution is 5.99. The highest BCUT2D eigenvalue weighted by Crippen LogP contribution is 2.20. The minimum Gasteiger partial charge on any atom is -0.501 e. The molecule has 3 heteroatoms. The van der Waals surface area contributed by atoms with E-state index in [-0.39, 0.29) is 1.43 Å². The molecule has 0 saturated heterocycles. The molecule has 1 heterocycles. The Hall–Kier alpha value is -1.51. The Balaban J connectivity index is 0. The predicted octanol–water partition coefficient (Wildman–Crippen LogP) is 4.74. The smallest absolute Gasteiger partial charge is 0.0945 e. The molecular weight excluding hydrogens is 236 g/mol. The van der Waals surface area contributed by atoms with Crippen molar-refractivity contribution in [3.63, 3.8) is 0 Å². The summed E-state index contributed by atoms with van der Waals surface area (Å²) in [6, 6.07) is 0. The first-order valence-electron chi connectivity index (χ1n) is 6.94. The number of aromatic amines is 1. The van der Waals surface area contributed by atoms with Crippen molar-refractivity contribution in [1.82, 2.24) is 4.98 Å². The monoisotopic (exact) mass is 266 g/mol. The Morgan fingerprint density at radius 2 is 1.84 bits per heavy atom. The lowest BCUT2D eigenvalue weighted by atomic mass is 10.1. The van der Waals surface area contributed by atoms with Crippen LogP contribution >= 0.6 is 0 Å². The van der Waals surface area contributed by atoms with Crippen molar-refractivity contribution in [2.24, 2.45) is 4.99 Å². The molecule has 0 fully saturated rings. The molecule has 1 rings (SSSR count). The van der Waals surface area contributed by atoms with Gasteiger partial charge in [-0.1, -0.05) is 13.8 Å². The molecule has 0 atom stereocenters. The van der Waals surface area contributed by atoms with E-state index in [4.69, 9.17) is 4.74 Å². The Kier molecular flexibility index (Phi) is 7.89. The van der Waals surface area contributed by atoms with Crippen molar-refractivity contribution in [2.45, 2.75) is 48.5 Å². The van der Waals surface area contributed by atoms with E-state index in [1.807, 2.05) is 40.7 Å². The molecule has 0 amide bonds. The third kappa shape index (κ3) is 4.58. The lowest BCUT2D eigenvalue weighted by molar-refractivity contribution is 0.297. The second-order valence-corrected chi connectivity index (χ2v) is 4.18. The standard InChI is InChI=1S/C14H22N2O.C2H6.H2/c1-7-15-12(5)14-11(4)10(3)13(16-14)8-9(2)17-6;1-2;/h8,16H,7H2,1-6H3;1-2H3;1H/b9-8+,15-12?;;. The van der Waals surface area contributed by atoms with Crippen LogP contribution in [0.2, 0.25) is 0 Å². The van der Waals surface area contributed by atoms with Crippen LogP contribution in [0.1, 0.15) is 58.6 Å². The molecule has 0 aromatic carbocycles. The summed E-state index contributed by atoms with van der Waals surface area (Å²) in [5.41, 5.74) is 5.79. The lowest BCUT2D eigenvalue weighted by Crippen LogP contribution is -1.98. The van der Waals surface area contributed by atoms with Crippen LogP contribution in [-0.2, 0) is 4.74 Å². The SMILES string of the molecule is CC.CCN=C(C)c1[nH]c(/C=C(\C)OC)c(C)c1C.[HH]. The summed E-state index contributed by atoms with van der Waals surface area (Å²) >= 11 is 0. The number of ether oxygens (including phenoxy) is 1. The van der Waals surface area contributed by atoms with E-state index < -0.39 is 0 Å². The summed E-state index contributed by atoms with van der Waals surface area (Å²) in [7, 11) is 1.68. The van der Waals surface area contributed by atoms with Crippen LogP contribution in [0.3, 0.4) is 0 Å². The number of aromatic nitrogens is 1. The summed E-state index contributed by atoms with van der Waals surface area (Å²) in [4.78, 5) is 7.86. The highest BCUT2D eigenvalue weighted by Gasteiger charge is 2.11. The molecule has 0 bridgehead atoms. The molecule has 110 valence electrons. The summed E-state index contributed by atoms with van der Waals surface area (Å²) < 4.78 is 5.18. The second-order valence-electron chi connectivity index (χ2n) is 4.18. The minimum atomic E-state index is 0. The Labute approximate surface area is 119 Å². The van der Waals surface area contributed by atoms with Gasteiger partial charge in [0.05, 0.1) is 24.3 Å². The number of methoxy groups -OCH3 is 1. The Morgan fingerprint density at radius 3 is 2.32 bits per heavy atom. The predicted molar refractivity (Wildman–Crippen MR) is 87.1 cm³/mol. The highest BCUT2D eigenvalue weighted by atomic mass is 16.5. The van der Waals surface area contributed by atoms with Gasteiger partial charge in [-0.05, 0) is 51.8 Å². The fraction of sp³-hybridized carbons (Fsp3) is 0.562. The summed E-state index contributed by atoms with van der Waals surface area (Å²) in [6.45, 7) is 15.1. The Morgan fingerprint density at radius 1 is 1.26 bits per heavy atom. The summed E-state index contributed by atoms with van der Waals surface area (Å²) in [5, 5.41) is 0. The molecule has 1 aromatic heterocycles. The molecule has 0 aliphatic carbocycles. The maximum atomic E-state index is 5.18. The number of allylic oxidation sites excluding steroid dienone is 1. The van der Waals surface area contributed by atoms with Crippen LogP contribution in [0, 0.1) is 13.8 Å². The first-order chi connectivity index (χ1) is 9.01. The van der Waals surface area contributed by atoms with Gasteiger partial charge >= 0.3 is 0 Å². The maximum absolute atomic E-state index is 5.18. The topological polar surface area (TPSA) is 37.4 Å². The zero-order valence-corrected chi connectivity index (χ0v) is 13.6. The molecule has 0 aliphatic rings. The minimum absolute atomic E-state index is 0. The third-order valence-corrected chi connectivity index (χ3v) is 3.03. The number of hydrogen-bond acceptors (Lipinski definition) is 2. The molecule has 0 spiro atoms. The molecule has 0 saturated carbocycles. The van der Waals surface area contributed by atoms with Gasteiger partial charge in [0.25, 0.3) is 0 Å². The number of aliphatic imine (C=N–C) groups is 1. The number of nitrogens with one attached hydrogen (secondary N) is 1. The maximum Gasteiger partial charge on any atom is 0.0945 e. The van der Waals surface area contributed by atoms with Gasteiger partial charge in [0.1, 0.15) is 0 Å². The normalized spacial score (nSPS) is 12.0. The molecule has 0 aliphatic heterocycles. The van der Waals surface area contributed by atoms with Crippen molar-refractivity contribution in [3.05, 3.63) is 28.3 Å². The van der Waals surface area contributed by atoms with Crippen LogP contribution < -0.4 is 0 Å². The third-order valence-electron chi connectivity index (χ3n) is 3.03. The van der Waals surface area contributed by atoms with E-state index in [0.29, 0.717) is 0 Å². The number of hydrogen-bond donors (Lipinski definition) is 1. The van der Waals surface area contributed by atoms with Crippen LogP contribution in [0.4, 0.5) is 0 Å². The van der Waals surface area contributed by atoms with E-state index in [1.165, 1.54) is 11.1 Å². The first-order valence-corrected chi connectivity index (χ1v) is 6.94. The van der Waals surface area contributed by atoms with Gasteiger partial charge in [-0.25, -0.2) is 0 Å². The van der Waals surface area contributed by atoms with Crippen LogP contribution in [0.25, 0.3) is 6.08 Å². The molecular formula is C16H30N2O. The van der Waals surface area contributed by atoms with Gasteiger partial charge in [0, 0.05) is 13.7 Å². The van der Waals surface area contributed by atoms with E-state index in [0.717, 1.165) is 29.4 Å². The zero-order valence-electron chi connectivity index (χ0n) is 13.6. The van der Waals surface area contributed by atoms with Gasteiger partial charge < -0.3 is 9.72 Å². The van der Waals surface area contributed by atoms with Gasteiger partial charge in [-0.3, -0.25) is 4.99 Å². The van der Waals surface area contributed by atoms with Crippen molar-refractivity contribution < 1.29 is 6.16 Å². The van der Waals surface area contributed by atoms with Gasteiger partial charge in [0.2, 0.25) is 0 Å². The summed E-state index contributed by atoms with van der Waals surface area (Å²) in [6.07, 6.45) is 2.02. The lowest BCUT2D eigenvalue weighted by Gasteiger charge is -1.99. The van der Waals surface area contributed by atoms with Crippen molar-refractivity contribution in [2.75, 3.05) is 13.7 Å². The number of H-pyrrole nitrogens is 1. The molecule has 1 aromatic rings. The van der Waals surface area contributed by atoms with E-state index in [9.17, 15) is 0 Å². The summed E-state index contributed by atoms with van der Waals surface area (Å²) in [5.74, 6) is 0.894. The van der Waals surface area contributed by atoms with Crippen molar-refractivity contribution in [3.8, 4) is 0 Å². The zero-order chi connectivity index (χ0) is 15.0. The van der Waals surface area contributed by atoms with E-state index in [2.05, 4.69) is 23.8 Å². The van der Waals surface area contributed by atoms with Crippen LogP contribution in [0.5, 0.6) is 0 Å². The second kappa shape index (κ2) is 8.57. The van der Waals surface area contributed by atoms with E-state index in [1.54, 1.807) is 7.11 Å². The fourth-order valence-electron chi connectivity index (χ4n) is 1.80. The molecule has 3 nitrogen and oxygen atoms in total. The Bertz CT molecular complexity index is 459. The molecule has 19 heavy (non-hydrogen) atoms. The van der Waals surface area contributed by atoms with E-state index >= 15 is 0 Å². The van der Waals surface area contributed by atoms with Gasteiger partial charge in [-0.2, -0.15) is 0 Å². The number of rotatable bonds is 4. The fourth-order valence-corrected chi connectivity index (χ4v) is 1.80. The van der Waals surface area contributed by atoms with Crippen LogP contribution in [0.15, 0.2) is 10.8 Å². The van der Waals surface area contributed by atoms with Gasteiger partial charge in [-0.15, -0.1) is 0 Å². The molecule has 0 unspecified atom stereocenters. The number of nitrogens with zero attached hydrogens (tertiary/aromatic N) is 1. The van der Waals surface area contributed by atoms with Crippen molar-refractivity contribution in [1.29, 1.82) is 0 Å². The molecule has 1 N–H and O–H groups in total. The molecule has 0 radical (unpaired) electrons. The van der Waals surface area contributed by atoms with Gasteiger partial charge in [0.15, 0.2) is 0 Å². The van der Waals surface area contributed by atoms with Crippen LogP contribution in [-0.4, -0.2) is 24.4 Å². The largest absolute Gasteiger partial charge is 0.501 e.